The van der Waals surface area contributed by atoms with Crippen LogP contribution in [0.4, 0.5) is 0 Å². The number of aromatic nitrogens is 7. The van der Waals surface area contributed by atoms with Crippen molar-refractivity contribution in [1.29, 1.82) is 0 Å². The normalized spacial score (nSPS) is 11.8. The van der Waals surface area contributed by atoms with E-state index in [1.165, 1.54) is 0 Å². The smallest absolute Gasteiger partial charge is 0.159 e. The lowest BCUT2D eigenvalue weighted by Crippen LogP contribution is -1.99. The van der Waals surface area contributed by atoms with E-state index in [-0.39, 0.29) is 0 Å². The fraction of sp³-hybridized carbons (Fsp3) is 0. The van der Waals surface area contributed by atoms with E-state index in [1.807, 2.05) is 24.4 Å². The van der Waals surface area contributed by atoms with E-state index in [0.717, 1.165) is 77.0 Å². The van der Waals surface area contributed by atoms with Crippen LogP contribution in [-0.4, -0.2) is 34.1 Å². The maximum atomic E-state index is 4.90. The van der Waals surface area contributed by atoms with Gasteiger partial charge in [-0.3, -0.25) is 4.98 Å². The van der Waals surface area contributed by atoms with Gasteiger partial charge in [-0.25, -0.2) is 19.9 Å². The molecule has 7 nitrogen and oxygen atoms in total. The Morgan fingerprint density at radius 3 is 1.54 bits per heavy atom. The Kier molecular flexibility index (Phi) is 5.74. The predicted molar refractivity (Wildman–Crippen MR) is 192 cm³/mol. The molecule has 10 rings (SSSR count). The van der Waals surface area contributed by atoms with Crippen LogP contribution >= 0.6 is 0 Å². The standard InChI is InChI=1S/C41H25N7/c1-2-9-29(10-3-1)47-36-16-12-27(40-42-18-6-19-43-40)23-33(36)31-14-15-32-34-24-28(41-44-20-7-21-45-41)13-17-37(34)48(39(32)38(31)47)30-22-26-8-4-5-11-35(26)46-25-30/h1-25H. The van der Waals surface area contributed by atoms with Crippen molar-refractivity contribution in [2.45, 2.75) is 0 Å². The second-order valence-corrected chi connectivity index (χ2v) is 11.9. The van der Waals surface area contributed by atoms with Crippen molar-refractivity contribution >= 4 is 54.5 Å². The number of hydrogen-bond donors (Lipinski definition) is 0. The third-order valence-electron chi connectivity index (χ3n) is 9.15. The first-order valence-electron chi connectivity index (χ1n) is 15.8. The Hall–Kier alpha value is -6.73. The zero-order chi connectivity index (χ0) is 31.6. The summed E-state index contributed by atoms with van der Waals surface area (Å²) < 4.78 is 4.75. The zero-order valence-corrected chi connectivity index (χ0v) is 25.6. The Balaban J connectivity index is 1.39. The molecule has 5 aromatic heterocycles. The molecular weight excluding hydrogens is 591 g/mol. The van der Waals surface area contributed by atoms with Crippen LogP contribution in [-0.2, 0) is 0 Å². The summed E-state index contributed by atoms with van der Waals surface area (Å²) in [5.41, 5.74) is 9.38. The number of benzene rings is 5. The number of fused-ring (bicyclic) bond motifs is 8. The molecule has 48 heavy (non-hydrogen) atoms. The van der Waals surface area contributed by atoms with Crippen LogP contribution in [0.15, 0.2) is 152 Å². The molecule has 0 unspecified atom stereocenters. The van der Waals surface area contributed by atoms with Gasteiger partial charge >= 0.3 is 0 Å². The summed E-state index contributed by atoms with van der Waals surface area (Å²) >= 11 is 0. The summed E-state index contributed by atoms with van der Waals surface area (Å²) in [6.45, 7) is 0. The summed E-state index contributed by atoms with van der Waals surface area (Å²) in [6, 6.07) is 42.3. The molecule has 224 valence electrons. The van der Waals surface area contributed by atoms with E-state index in [1.54, 1.807) is 24.8 Å². The van der Waals surface area contributed by atoms with Gasteiger partial charge in [-0.2, -0.15) is 0 Å². The molecule has 10 aromatic rings. The maximum Gasteiger partial charge on any atom is 0.159 e. The van der Waals surface area contributed by atoms with Crippen molar-refractivity contribution in [3.8, 4) is 34.2 Å². The number of hydrogen-bond acceptors (Lipinski definition) is 5. The molecule has 0 amide bonds. The Labute approximate surface area is 274 Å². The van der Waals surface area contributed by atoms with E-state index in [2.05, 4.69) is 132 Å². The molecule has 0 bridgehead atoms. The first-order valence-corrected chi connectivity index (χ1v) is 15.8. The van der Waals surface area contributed by atoms with E-state index in [4.69, 9.17) is 4.98 Å². The molecule has 5 heterocycles. The molecule has 0 atom stereocenters. The fourth-order valence-electron chi connectivity index (χ4n) is 7.07. The SMILES string of the molecule is c1ccc(-n2c3ccc(-c4ncccn4)cc3c3ccc4c5cc(-c6ncccn6)ccc5n(-c5cnc6ccccc6c5)c4c32)cc1. The van der Waals surface area contributed by atoms with E-state index >= 15 is 0 Å². The molecule has 0 aliphatic rings. The Bertz CT molecular complexity index is 2820. The average Bonchev–Trinajstić information content (AvgIpc) is 3.68. The van der Waals surface area contributed by atoms with Crippen LogP contribution in [0.25, 0.3) is 88.7 Å². The zero-order valence-electron chi connectivity index (χ0n) is 25.6. The predicted octanol–water partition coefficient (Wildman–Crippen LogP) is 9.34. The molecule has 0 aliphatic heterocycles. The van der Waals surface area contributed by atoms with Crippen molar-refractivity contribution in [2.24, 2.45) is 0 Å². The van der Waals surface area contributed by atoms with Gasteiger partial charge in [-0.15, -0.1) is 0 Å². The van der Waals surface area contributed by atoms with Crippen molar-refractivity contribution in [2.75, 3.05) is 0 Å². The van der Waals surface area contributed by atoms with Crippen LogP contribution in [0.1, 0.15) is 0 Å². The van der Waals surface area contributed by atoms with Crippen LogP contribution in [0.2, 0.25) is 0 Å². The van der Waals surface area contributed by atoms with Gasteiger partial charge in [-0.1, -0.05) is 48.5 Å². The van der Waals surface area contributed by atoms with E-state index in [9.17, 15) is 0 Å². The summed E-state index contributed by atoms with van der Waals surface area (Å²) in [7, 11) is 0. The summed E-state index contributed by atoms with van der Waals surface area (Å²) in [5.74, 6) is 1.40. The first-order chi connectivity index (χ1) is 23.8. The number of nitrogens with zero attached hydrogens (tertiary/aromatic N) is 7. The summed E-state index contributed by atoms with van der Waals surface area (Å²) in [4.78, 5) is 23.1. The molecule has 0 fully saturated rings. The van der Waals surface area contributed by atoms with Gasteiger partial charge in [0, 0.05) is 68.5 Å². The molecule has 5 aromatic carbocycles. The molecule has 0 N–H and O–H groups in total. The highest BCUT2D eigenvalue weighted by Crippen LogP contribution is 2.43. The van der Waals surface area contributed by atoms with Gasteiger partial charge in [0.25, 0.3) is 0 Å². The molecule has 0 saturated heterocycles. The highest BCUT2D eigenvalue weighted by molar-refractivity contribution is 6.24. The van der Waals surface area contributed by atoms with Gasteiger partial charge in [0.05, 0.1) is 39.5 Å². The van der Waals surface area contributed by atoms with Crippen LogP contribution in [0, 0.1) is 0 Å². The lowest BCUT2D eigenvalue weighted by molar-refractivity contribution is 1.14. The lowest BCUT2D eigenvalue weighted by atomic mass is 10.1. The highest BCUT2D eigenvalue weighted by atomic mass is 15.0. The molecule has 7 heteroatoms. The first kappa shape index (κ1) is 26.5. The summed E-state index contributed by atoms with van der Waals surface area (Å²) in [6.07, 6.45) is 9.12. The van der Waals surface area contributed by atoms with Gasteiger partial charge in [0.1, 0.15) is 0 Å². The minimum atomic E-state index is 0.697. The maximum absolute atomic E-state index is 4.90. The number of para-hydroxylation sites is 2. The van der Waals surface area contributed by atoms with Crippen molar-refractivity contribution in [1.82, 2.24) is 34.1 Å². The van der Waals surface area contributed by atoms with Crippen molar-refractivity contribution in [3.63, 3.8) is 0 Å². The van der Waals surface area contributed by atoms with E-state index in [0.29, 0.717) is 11.6 Å². The number of pyridine rings is 1. The second kappa shape index (κ2) is 10.4. The summed E-state index contributed by atoms with van der Waals surface area (Å²) in [5, 5.41) is 5.61. The topological polar surface area (TPSA) is 74.3 Å². The van der Waals surface area contributed by atoms with Crippen molar-refractivity contribution in [3.05, 3.63) is 152 Å². The van der Waals surface area contributed by atoms with Gasteiger partial charge in [0.2, 0.25) is 0 Å². The van der Waals surface area contributed by atoms with Crippen LogP contribution < -0.4 is 0 Å². The highest BCUT2D eigenvalue weighted by Gasteiger charge is 2.22. The van der Waals surface area contributed by atoms with E-state index < -0.39 is 0 Å². The molecule has 0 saturated carbocycles. The van der Waals surface area contributed by atoms with Gasteiger partial charge in [0.15, 0.2) is 11.6 Å². The lowest BCUT2D eigenvalue weighted by Gasteiger charge is -2.13. The molecule has 0 spiro atoms. The third kappa shape index (κ3) is 3.98. The second-order valence-electron chi connectivity index (χ2n) is 11.9. The molecule has 0 radical (unpaired) electrons. The van der Waals surface area contributed by atoms with Crippen LogP contribution in [0.3, 0.4) is 0 Å². The molecular formula is C41H25N7. The monoisotopic (exact) mass is 615 g/mol. The molecule has 0 aliphatic carbocycles. The quantitative estimate of drug-likeness (QED) is 0.197. The number of rotatable bonds is 4. The minimum absolute atomic E-state index is 0.697. The van der Waals surface area contributed by atoms with Crippen molar-refractivity contribution < 1.29 is 0 Å². The van der Waals surface area contributed by atoms with Gasteiger partial charge in [-0.05, 0) is 72.8 Å². The van der Waals surface area contributed by atoms with Crippen LogP contribution in [0.5, 0.6) is 0 Å². The third-order valence-corrected chi connectivity index (χ3v) is 9.15. The fourth-order valence-corrected chi connectivity index (χ4v) is 7.07. The largest absolute Gasteiger partial charge is 0.307 e. The average molecular weight is 616 g/mol. The minimum Gasteiger partial charge on any atom is -0.307 e. The Morgan fingerprint density at radius 1 is 0.396 bits per heavy atom. The van der Waals surface area contributed by atoms with Gasteiger partial charge < -0.3 is 9.13 Å². The Morgan fingerprint density at radius 2 is 0.938 bits per heavy atom.